The monoisotopic (exact) mass is 469 g/mol. The average molecular weight is 470 g/mol. The summed E-state index contributed by atoms with van der Waals surface area (Å²) in [6, 6.07) is 3.35. The van der Waals surface area contributed by atoms with Crippen LogP contribution in [0.1, 0.15) is 39.7 Å². The number of Topliss-reactive ketones (excluding diaryl/α,β-unsaturated/α-hetero) is 1. The number of amides is 1. The molecular weight excluding hydrogens is 450 g/mol. The Morgan fingerprint density at radius 2 is 1.97 bits per heavy atom. The van der Waals surface area contributed by atoms with Gasteiger partial charge in [-0.25, -0.2) is 13.1 Å². The van der Waals surface area contributed by atoms with Gasteiger partial charge in [-0.2, -0.15) is 0 Å². The highest BCUT2D eigenvalue weighted by molar-refractivity contribution is 8.05. The van der Waals surface area contributed by atoms with Crippen LogP contribution in [0, 0.1) is 20.8 Å². The number of nitrogens with zero attached hydrogens (tertiary/aromatic N) is 1. The lowest BCUT2D eigenvalue weighted by Gasteiger charge is -2.34. The first-order valence-corrected chi connectivity index (χ1v) is 11.6. The molecule has 8 nitrogen and oxygen atoms in total. The van der Waals surface area contributed by atoms with Crippen molar-refractivity contribution in [2.45, 2.75) is 37.7 Å². The van der Waals surface area contributed by atoms with E-state index in [0.717, 1.165) is 17.3 Å². The number of aryl methyl sites for hydroxylation is 3. The molecular formula is C19H20ClN3O5S2. The molecule has 1 aromatic heterocycles. The normalized spacial score (nSPS) is 21.0. The zero-order valence-corrected chi connectivity index (χ0v) is 19.0. The van der Waals surface area contributed by atoms with Crippen LogP contribution >= 0.6 is 23.4 Å². The number of hydrogen-bond donors (Lipinski definition) is 2. The van der Waals surface area contributed by atoms with Crippen molar-refractivity contribution in [3.05, 3.63) is 56.6 Å². The Bertz CT molecular complexity index is 1190. The first-order valence-electron chi connectivity index (χ1n) is 8.81. The molecule has 160 valence electrons. The zero-order chi connectivity index (χ0) is 22.4. The van der Waals surface area contributed by atoms with Crippen LogP contribution in [0.3, 0.4) is 0 Å². The number of primary amides is 1. The summed E-state index contributed by atoms with van der Waals surface area (Å²) in [7, 11) is -4.45. The maximum atomic E-state index is 13.8. The third-order valence-corrected chi connectivity index (χ3v) is 8.57. The first-order chi connectivity index (χ1) is 13.9. The lowest BCUT2D eigenvalue weighted by Crippen LogP contribution is -2.51. The van der Waals surface area contributed by atoms with Crippen LogP contribution in [0.2, 0.25) is 5.02 Å². The highest BCUT2D eigenvalue weighted by Crippen LogP contribution is 2.50. The number of anilines is 1. The summed E-state index contributed by atoms with van der Waals surface area (Å²) in [4.78, 5) is 24.8. The molecule has 0 aliphatic carbocycles. The van der Waals surface area contributed by atoms with Crippen LogP contribution in [0.4, 0.5) is 5.88 Å². The molecule has 2 heterocycles. The predicted octanol–water partition coefficient (Wildman–Crippen LogP) is 3.21. The maximum absolute atomic E-state index is 13.8. The Morgan fingerprint density at radius 1 is 1.30 bits per heavy atom. The van der Waals surface area contributed by atoms with E-state index < -0.39 is 25.9 Å². The van der Waals surface area contributed by atoms with Gasteiger partial charge in [-0.1, -0.05) is 28.4 Å². The van der Waals surface area contributed by atoms with Crippen molar-refractivity contribution in [3.8, 4) is 0 Å². The number of thioether (sulfide) groups is 1. The van der Waals surface area contributed by atoms with Crippen LogP contribution in [-0.2, 0) is 19.6 Å². The molecule has 1 aromatic carbocycles. The minimum atomic E-state index is -4.45. The molecule has 0 saturated carbocycles. The second-order valence-electron chi connectivity index (χ2n) is 7.09. The minimum absolute atomic E-state index is 0.00796. The number of ketones is 1. The average Bonchev–Trinajstić information content (AvgIpc) is 3.21. The van der Waals surface area contributed by atoms with E-state index in [0.29, 0.717) is 11.3 Å². The van der Waals surface area contributed by atoms with Crippen molar-refractivity contribution in [1.82, 2.24) is 5.16 Å². The van der Waals surface area contributed by atoms with Crippen LogP contribution in [0.5, 0.6) is 0 Å². The lowest BCUT2D eigenvalue weighted by atomic mass is 9.84. The molecule has 3 N–H and O–H groups in total. The van der Waals surface area contributed by atoms with Crippen LogP contribution < -0.4 is 10.5 Å². The van der Waals surface area contributed by atoms with Gasteiger partial charge in [0.05, 0.1) is 0 Å². The van der Waals surface area contributed by atoms with Gasteiger partial charge in [0.25, 0.3) is 5.88 Å². The summed E-state index contributed by atoms with van der Waals surface area (Å²) in [6.07, 6.45) is 1.37. The number of carbonyl (C=O) groups excluding carboxylic acids is 2. The fraction of sp³-hybridized carbons (Fsp3) is 0.316. The molecule has 0 saturated heterocycles. The highest BCUT2D eigenvalue weighted by Gasteiger charge is 2.57. The second-order valence-corrected chi connectivity index (χ2v) is 10.4. The quantitative estimate of drug-likeness (QED) is 0.620. The lowest BCUT2D eigenvalue weighted by molar-refractivity contribution is -0.117. The highest BCUT2D eigenvalue weighted by atomic mass is 35.5. The largest absolute Gasteiger partial charge is 0.369 e. The van der Waals surface area contributed by atoms with E-state index in [1.807, 2.05) is 0 Å². The smallest absolute Gasteiger partial charge is 0.257 e. The van der Waals surface area contributed by atoms with Gasteiger partial charge >= 0.3 is 0 Å². The standard InChI is InChI=1S/C19H20ClN3O5S2/c1-9-7-10(2)14(13(8-9)12(4)24)19(5-6-29-16(19)17(21)25)30(26,27)23-18-15(20)11(3)22-28-18/h5-8,16,23H,1-4H3,(H2,21,25). The summed E-state index contributed by atoms with van der Waals surface area (Å²) in [5.74, 6) is -1.46. The number of nitrogens with one attached hydrogen (secondary N) is 1. The molecule has 3 rings (SSSR count). The van der Waals surface area contributed by atoms with Crippen LogP contribution in [0.25, 0.3) is 0 Å². The van der Waals surface area contributed by atoms with Crippen molar-refractivity contribution >= 4 is 51.0 Å². The Hall–Kier alpha value is -2.30. The van der Waals surface area contributed by atoms with Gasteiger partial charge < -0.3 is 10.3 Å². The minimum Gasteiger partial charge on any atom is -0.369 e. The molecule has 2 aromatic rings. The summed E-state index contributed by atoms with van der Waals surface area (Å²) in [5.41, 5.74) is 7.58. The van der Waals surface area contributed by atoms with E-state index in [1.165, 1.54) is 18.4 Å². The van der Waals surface area contributed by atoms with E-state index in [-0.39, 0.29) is 27.8 Å². The van der Waals surface area contributed by atoms with E-state index in [1.54, 1.807) is 32.9 Å². The van der Waals surface area contributed by atoms with Crippen molar-refractivity contribution in [2.24, 2.45) is 5.73 Å². The van der Waals surface area contributed by atoms with Gasteiger partial charge in [0.15, 0.2) is 10.5 Å². The Balaban J connectivity index is 2.35. The number of nitrogens with two attached hydrogens (primary N) is 1. The summed E-state index contributed by atoms with van der Waals surface area (Å²) in [6.45, 7) is 6.37. The Morgan fingerprint density at radius 3 is 2.50 bits per heavy atom. The van der Waals surface area contributed by atoms with E-state index in [4.69, 9.17) is 21.9 Å². The van der Waals surface area contributed by atoms with Gasteiger partial charge in [-0.05, 0) is 56.4 Å². The molecule has 0 fully saturated rings. The first kappa shape index (κ1) is 22.4. The van der Waals surface area contributed by atoms with E-state index >= 15 is 0 Å². The van der Waals surface area contributed by atoms with Crippen molar-refractivity contribution < 1.29 is 22.5 Å². The molecule has 0 radical (unpaired) electrons. The number of aromatic nitrogens is 1. The number of benzene rings is 1. The maximum Gasteiger partial charge on any atom is 0.257 e. The van der Waals surface area contributed by atoms with Crippen molar-refractivity contribution in [1.29, 1.82) is 0 Å². The number of rotatable bonds is 6. The van der Waals surface area contributed by atoms with E-state index in [2.05, 4.69) is 9.88 Å². The fourth-order valence-electron chi connectivity index (χ4n) is 3.66. The molecule has 2 unspecified atom stereocenters. The Labute approximate surface area is 183 Å². The SMILES string of the molecule is CC(=O)c1cc(C)cc(C)c1C1(S(=O)(=O)Nc2onc(C)c2Cl)C=CSC1C(N)=O. The number of hydrogen-bond acceptors (Lipinski definition) is 7. The Kier molecular flexibility index (Phi) is 5.78. The topological polar surface area (TPSA) is 132 Å². The molecule has 11 heteroatoms. The van der Waals surface area contributed by atoms with Gasteiger partial charge in [0, 0.05) is 5.56 Å². The zero-order valence-electron chi connectivity index (χ0n) is 16.6. The molecule has 30 heavy (non-hydrogen) atoms. The van der Waals surface area contributed by atoms with Gasteiger partial charge in [-0.3, -0.25) is 9.59 Å². The van der Waals surface area contributed by atoms with Crippen molar-refractivity contribution in [2.75, 3.05) is 4.72 Å². The third kappa shape index (κ3) is 3.42. The summed E-state index contributed by atoms with van der Waals surface area (Å²) >= 11 is 7.06. The van der Waals surface area contributed by atoms with Gasteiger partial charge in [0.1, 0.15) is 16.0 Å². The van der Waals surface area contributed by atoms with Crippen LogP contribution in [0.15, 0.2) is 28.1 Å². The predicted molar refractivity (Wildman–Crippen MR) is 116 cm³/mol. The second kappa shape index (κ2) is 7.75. The summed E-state index contributed by atoms with van der Waals surface area (Å²) < 4.78 is 32.9. The van der Waals surface area contributed by atoms with Crippen molar-refractivity contribution in [3.63, 3.8) is 0 Å². The summed E-state index contributed by atoms with van der Waals surface area (Å²) in [5, 5.41) is 3.91. The number of halogens is 1. The molecule has 0 spiro atoms. The molecule has 1 aliphatic heterocycles. The third-order valence-electron chi connectivity index (χ3n) is 4.89. The fourth-order valence-corrected chi connectivity index (χ4v) is 7.18. The molecule has 0 bridgehead atoms. The van der Waals surface area contributed by atoms with E-state index in [9.17, 15) is 18.0 Å². The van der Waals surface area contributed by atoms with Gasteiger partial charge in [0.2, 0.25) is 15.9 Å². The molecule has 1 amide bonds. The number of sulfonamides is 1. The number of carbonyl (C=O) groups is 2. The van der Waals surface area contributed by atoms with Crippen LogP contribution in [-0.4, -0.2) is 30.5 Å². The molecule has 1 aliphatic rings. The molecule has 2 atom stereocenters. The van der Waals surface area contributed by atoms with Gasteiger partial charge in [-0.15, -0.1) is 11.8 Å².